The molecule has 2 nitrogen and oxygen atoms in total. The Labute approximate surface area is 103 Å². The zero-order valence-corrected chi connectivity index (χ0v) is 10.5. The summed E-state index contributed by atoms with van der Waals surface area (Å²) in [5.41, 5.74) is 6.34. The fraction of sp³-hybridized carbons (Fsp3) is 0. The lowest BCUT2D eigenvalue weighted by Crippen LogP contribution is -1.85. The Morgan fingerprint density at radius 3 is 2.73 bits per heavy atom. The summed E-state index contributed by atoms with van der Waals surface area (Å²) in [4.78, 5) is 4.12. The summed E-state index contributed by atoms with van der Waals surface area (Å²) in [7, 11) is 0. The van der Waals surface area contributed by atoms with Gasteiger partial charge < -0.3 is 5.73 Å². The monoisotopic (exact) mass is 306 g/mol. The average Bonchev–Trinajstić information content (AvgIpc) is 2.52. The van der Waals surface area contributed by atoms with Crippen LogP contribution in [0.15, 0.2) is 22.0 Å². The largest absolute Gasteiger partial charge is 0.382 e. The predicted octanol–water partition coefficient (Wildman–Crippen LogP) is 3.95. The van der Waals surface area contributed by atoms with Crippen LogP contribution in [0.1, 0.15) is 0 Å². The van der Waals surface area contributed by atoms with Crippen molar-refractivity contribution in [3.8, 4) is 10.6 Å². The van der Waals surface area contributed by atoms with Crippen LogP contribution in [-0.2, 0) is 0 Å². The highest BCUT2D eigenvalue weighted by atomic mass is 79.9. The first-order chi connectivity index (χ1) is 7.08. The number of anilines is 1. The van der Waals surface area contributed by atoms with Gasteiger partial charge in [0.15, 0.2) is 0 Å². The minimum Gasteiger partial charge on any atom is -0.382 e. The van der Waals surface area contributed by atoms with Crippen LogP contribution in [0, 0.1) is 5.82 Å². The molecule has 0 aliphatic heterocycles. The smallest absolute Gasteiger partial charge is 0.149 e. The van der Waals surface area contributed by atoms with Crippen LogP contribution in [0.3, 0.4) is 0 Å². The van der Waals surface area contributed by atoms with Gasteiger partial charge in [0.1, 0.15) is 20.4 Å². The maximum atomic E-state index is 12.9. The minimum absolute atomic E-state index is 0.0809. The molecule has 0 unspecified atom stereocenters. The molecule has 1 aromatic heterocycles. The molecule has 0 bridgehead atoms. The Morgan fingerprint density at radius 2 is 2.20 bits per heavy atom. The molecule has 6 heteroatoms. The number of nitrogens with two attached hydrogens (primary N) is 1. The fourth-order valence-corrected chi connectivity index (χ4v) is 2.50. The third kappa shape index (κ3) is 2.14. The highest BCUT2D eigenvalue weighted by molar-refractivity contribution is 9.11. The molecule has 0 atom stereocenters. The summed E-state index contributed by atoms with van der Waals surface area (Å²) in [5, 5.41) is 0.790. The maximum absolute atomic E-state index is 12.9. The molecular formula is C9H5BrClFN2S. The molecule has 2 N–H and O–H groups in total. The Bertz CT molecular complexity index is 495. The number of hydrogen-bond donors (Lipinski definition) is 1. The molecule has 0 amide bonds. The highest BCUT2D eigenvalue weighted by Gasteiger charge is 2.09. The summed E-state index contributed by atoms with van der Waals surface area (Å²) in [6.45, 7) is 0. The molecule has 0 aliphatic rings. The zero-order valence-electron chi connectivity index (χ0n) is 7.30. The number of nitrogen functional groups attached to an aromatic ring is 1. The molecule has 78 valence electrons. The first-order valence-corrected chi connectivity index (χ1v) is 5.94. The molecule has 0 saturated carbocycles. The Hall–Kier alpha value is -0.650. The van der Waals surface area contributed by atoms with Gasteiger partial charge in [0.2, 0.25) is 0 Å². The van der Waals surface area contributed by atoms with Crippen LogP contribution in [0.4, 0.5) is 10.2 Å². The second-order valence-corrected chi connectivity index (χ2v) is 5.53. The van der Waals surface area contributed by atoms with Crippen molar-refractivity contribution >= 4 is 44.7 Å². The SMILES string of the molecule is Nc1nc(-c2ccc(F)c(Cl)c2)sc1Br. The second-order valence-electron chi connectivity index (χ2n) is 2.81. The molecule has 0 fully saturated rings. The van der Waals surface area contributed by atoms with Gasteiger partial charge in [0, 0.05) is 5.56 Å². The molecule has 0 aliphatic carbocycles. The van der Waals surface area contributed by atoms with Crippen molar-refractivity contribution in [3.05, 3.63) is 32.8 Å². The lowest BCUT2D eigenvalue weighted by molar-refractivity contribution is 0.628. The van der Waals surface area contributed by atoms with Gasteiger partial charge in [-0.3, -0.25) is 0 Å². The van der Waals surface area contributed by atoms with Crippen LogP contribution < -0.4 is 5.73 Å². The van der Waals surface area contributed by atoms with Crippen molar-refractivity contribution in [1.82, 2.24) is 4.98 Å². The molecule has 0 radical (unpaired) electrons. The number of benzene rings is 1. The van der Waals surface area contributed by atoms with E-state index in [0.717, 1.165) is 9.35 Å². The van der Waals surface area contributed by atoms with E-state index in [1.54, 1.807) is 6.07 Å². The first kappa shape index (κ1) is 10.9. The van der Waals surface area contributed by atoms with Gasteiger partial charge in [0.25, 0.3) is 0 Å². The minimum atomic E-state index is -0.441. The molecule has 15 heavy (non-hydrogen) atoms. The van der Waals surface area contributed by atoms with Gasteiger partial charge in [-0.2, -0.15) is 0 Å². The summed E-state index contributed by atoms with van der Waals surface area (Å²) < 4.78 is 13.7. The van der Waals surface area contributed by atoms with Crippen molar-refractivity contribution in [2.24, 2.45) is 0 Å². The standard InChI is InChI=1S/C9H5BrClFN2S/c10-7-8(13)14-9(15-7)4-1-2-6(12)5(11)3-4/h1-3H,13H2. The fourth-order valence-electron chi connectivity index (χ4n) is 1.07. The van der Waals surface area contributed by atoms with Crippen LogP contribution in [0.25, 0.3) is 10.6 Å². The van der Waals surface area contributed by atoms with Crippen molar-refractivity contribution < 1.29 is 4.39 Å². The zero-order chi connectivity index (χ0) is 11.0. The van der Waals surface area contributed by atoms with E-state index in [4.69, 9.17) is 17.3 Å². The van der Waals surface area contributed by atoms with E-state index in [0.29, 0.717) is 10.8 Å². The van der Waals surface area contributed by atoms with E-state index in [1.807, 2.05) is 0 Å². The third-order valence-electron chi connectivity index (χ3n) is 1.78. The normalized spacial score (nSPS) is 10.6. The molecule has 1 heterocycles. The number of aromatic nitrogens is 1. The first-order valence-electron chi connectivity index (χ1n) is 3.95. The van der Waals surface area contributed by atoms with Crippen molar-refractivity contribution in [2.45, 2.75) is 0 Å². The van der Waals surface area contributed by atoms with E-state index < -0.39 is 5.82 Å². The summed E-state index contributed by atoms with van der Waals surface area (Å²) in [6.07, 6.45) is 0. The van der Waals surface area contributed by atoms with Crippen LogP contribution in [-0.4, -0.2) is 4.98 Å². The van der Waals surface area contributed by atoms with Crippen LogP contribution in [0.5, 0.6) is 0 Å². The average molecular weight is 308 g/mol. The third-order valence-corrected chi connectivity index (χ3v) is 3.87. The number of halogens is 3. The quantitative estimate of drug-likeness (QED) is 0.866. The summed E-state index contributed by atoms with van der Waals surface area (Å²) >= 11 is 10.3. The Kier molecular flexibility index (Phi) is 2.95. The van der Waals surface area contributed by atoms with Gasteiger partial charge in [-0.25, -0.2) is 9.37 Å². The van der Waals surface area contributed by atoms with E-state index in [2.05, 4.69) is 20.9 Å². The molecule has 2 aromatic rings. The summed E-state index contributed by atoms with van der Waals surface area (Å²) in [5.74, 6) is -0.0144. The lowest BCUT2D eigenvalue weighted by Gasteiger charge is -1.97. The van der Waals surface area contributed by atoms with Crippen molar-refractivity contribution in [2.75, 3.05) is 5.73 Å². The van der Waals surface area contributed by atoms with Gasteiger partial charge in [-0.15, -0.1) is 11.3 Å². The molecule has 0 saturated heterocycles. The molecule has 2 rings (SSSR count). The van der Waals surface area contributed by atoms with Crippen molar-refractivity contribution in [1.29, 1.82) is 0 Å². The molecule has 1 aromatic carbocycles. The maximum Gasteiger partial charge on any atom is 0.149 e. The molecule has 0 spiro atoms. The Balaban J connectivity index is 2.49. The van der Waals surface area contributed by atoms with Gasteiger partial charge in [0.05, 0.1) is 5.02 Å². The van der Waals surface area contributed by atoms with E-state index >= 15 is 0 Å². The predicted molar refractivity (Wildman–Crippen MR) is 64.6 cm³/mol. The van der Waals surface area contributed by atoms with Crippen LogP contribution in [0.2, 0.25) is 5.02 Å². The summed E-state index contributed by atoms with van der Waals surface area (Å²) in [6, 6.07) is 4.46. The number of hydrogen-bond acceptors (Lipinski definition) is 3. The number of rotatable bonds is 1. The van der Waals surface area contributed by atoms with E-state index in [-0.39, 0.29) is 5.02 Å². The number of nitrogens with zero attached hydrogens (tertiary/aromatic N) is 1. The van der Waals surface area contributed by atoms with E-state index in [1.165, 1.54) is 23.5 Å². The van der Waals surface area contributed by atoms with Crippen molar-refractivity contribution in [3.63, 3.8) is 0 Å². The van der Waals surface area contributed by atoms with Gasteiger partial charge in [-0.05, 0) is 34.1 Å². The number of thiazole rings is 1. The topological polar surface area (TPSA) is 38.9 Å². The van der Waals surface area contributed by atoms with Gasteiger partial charge in [-0.1, -0.05) is 11.6 Å². The van der Waals surface area contributed by atoms with E-state index in [9.17, 15) is 4.39 Å². The lowest BCUT2D eigenvalue weighted by atomic mass is 10.2. The Morgan fingerprint density at radius 1 is 1.47 bits per heavy atom. The second kappa shape index (κ2) is 4.08. The molecular weight excluding hydrogens is 303 g/mol. The van der Waals surface area contributed by atoms with Gasteiger partial charge >= 0.3 is 0 Å². The highest BCUT2D eigenvalue weighted by Crippen LogP contribution is 2.34. The van der Waals surface area contributed by atoms with Crippen LogP contribution >= 0.6 is 38.9 Å².